The van der Waals surface area contributed by atoms with Gasteiger partial charge in [0.15, 0.2) is 0 Å². The molecule has 0 unspecified atom stereocenters. The molecule has 2 heterocycles. The lowest BCUT2D eigenvalue weighted by Crippen LogP contribution is -2.28. The number of pyridine rings is 1. The van der Waals surface area contributed by atoms with Crippen LogP contribution in [0, 0.1) is 5.92 Å². The molecule has 146 valence electrons. The van der Waals surface area contributed by atoms with Gasteiger partial charge in [-0.15, -0.1) is 0 Å². The van der Waals surface area contributed by atoms with Crippen molar-refractivity contribution < 1.29 is 4.79 Å². The molecule has 0 spiro atoms. The first-order valence-corrected chi connectivity index (χ1v) is 10.3. The summed E-state index contributed by atoms with van der Waals surface area (Å²) in [6.07, 6.45) is 11.3. The molecular formula is C23H28N4O. The monoisotopic (exact) mass is 376 g/mol. The first-order valence-electron chi connectivity index (χ1n) is 10.3. The summed E-state index contributed by atoms with van der Waals surface area (Å²) in [5.74, 6) is 1.77. The molecule has 0 saturated heterocycles. The van der Waals surface area contributed by atoms with Gasteiger partial charge in [-0.1, -0.05) is 44.2 Å². The number of imidazole rings is 1. The van der Waals surface area contributed by atoms with Crippen molar-refractivity contribution >= 4 is 16.9 Å². The molecular weight excluding hydrogens is 348 g/mol. The second kappa shape index (κ2) is 8.55. The zero-order valence-corrected chi connectivity index (χ0v) is 16.6. The van der Waals surface area contributed by atoms with Gasteiger partial charge >= 0.3 is 0 Å². The number of nitrogens with zero attached hydrogens (tertiary/aromatic N) is 4. The summed E-state index contributed by atoms with van der Waals surface area (Å²) in [7, 11) is 1.84. The number of rotatable bonds is 6. The minimum atomic E-state index is -0.00622. The molecule has 1 aromatic carbocycles. The third kappa shape index (κ3) is 4.08. The normalized spacial score (nSPS) is 15.0. The molecule has 0 aliphatic heterocycles. The quantitative estimate of drug-likeness (QED) is 0.628. The van der Waals surface area contributed by atoms with Crippen LogP contribution in [0.1, 0.15) is 54.7 Å². The maximum absolute atomic E-state index is 12.7. The van der Waals surface area contributed by atoms with E-state index in [2.05, 4.69) is 27.8 Å². The van der Waals surface area contributed by atoms with Crippen LogP contribution in [0.3, 0.4) is 0 Å². The Labute approximate surface area is 166 Å². The average Bonchev–Trinajstić information content (AvgIpc) is 3.10. The van der Waals surface area contributed by atoms with Gasteiger partial charge in [0.25, 0.3) is 5.91 Å². The van der Waals surface area contributed by atoms with Crippen LogP contribution in [0.25, 0.3) is 11.0 Å². The van der Waals surface area contributed by atoms with E-state index in [4.69, 9.17) is 4.98 Å². The lowest BCUT2D eigenvalue weighted by molar-refractivity contribution is 0.0780. The molecule has 1 aliphatic carbocycles. The predicted molar refractivity (Wildman–Crippen MR) is 111 cm³/mol. The predicted octanol–water partition coefficient (Wildman–Crippen LogP) is 4.67. The highest BCUT2D eigenvalue weighted by molar-refractivity contribution is 5.93. The average molecular weight is 377 g/mol. The maximum Gasteiger partial charge on any atom is 0.254 e. The second-order valence-corrected chi connectivity index (χ2v) is 7.86. The summed E-state index contributed by atoms with van der Waals surface area (Å²) in [6, 6.07) is 11.8. The van der Waals surface area contributed by atoms with Crippen molar-refractivity contribution in [2.75, 3.05) is 7.05 Å². The topological polar surface area (TPSA) is 51.0 Å². The standard InChI is InChI=1S/C23H28N4O/c1-26(23(28)19-11-14-24-15-12-19)17-22-25-20-9-5-6-10-21(20)27(22)16-13-18-7-3-2-4-8-18/h5-6,9-12,14-15,18H,2-4,7-8,13,16-17H2,1H3. The highest BCUT2D eigenvalue weighted by Crippen LogP contribution is 2.28. The van der Waals surface area contributed by atoms with E-state index in [0.717, 1.165) is 29.3 Å². The number of carbonyl (C=O) groups is 1. The number of amides is 1. The number of hydrogen-bond donors (Lipinski definition) is 0. The minimum absolute atomic E-state index is 0.00622. The van der Waals surface area contributed by atoms with Crippen molar-refractivity contribution in [2.24, 2.45) is 5.92 Å². The van der Waals surface area contributed by atoms with Gasteiger partial charge in [0.2, 0.25) is 0 Å². The van der Waals surface area contributed by atoms with E-state index in [1.54, 1.807) is 29.4 Å². The molecule has 4 rings (SSSR count). The van der Waals surface area contributed by atoms with Crippen LogP contribution in [-0.2, 0) is 13.1 Å². The van der Waals surface area contributed by atoms with Crippen molar-refractivity contribution in [3.63, 3.8) is 0 Å². The van der Waals surface area contributed by atoms with Gasteiger partial charge in [-0.2, -0.15) is 0 Å². The van der Waals surface area contributed by atoms with Crippen molar-refractivity contribution in [1.29, 1.82) is 0 Å². The Bertz CT molecular complexity index is 928. The number of aryl methyl sites for hydroxylation is 1. The van der Waals surface area contributed by atoms with E-state index >= 15 is 0 Å². The number of carbonyl (C=O) groups excluding carboxylic acids is 1. The largest absolute Gasteiger partial charge is 0.334 e. The smallest absolute Gasteiger partial charge is 0.254 e. The molecule has 1 aliphatic rings. The summed E-state index contributed by atoms with van der Waals surface area (Å²) in [6.45, 7) is 1.47. The first kappa shape index (κ1) is 18.7. The van der Waals surface area contributed by atoms with Crippen molar-refractivity contribution in [3.05, 3.63) is 60.2 Å². The van der Waals surface area contributed by atoms with E-state index < -0.39 is 0 Å². The van der Waals surface area contributed by atoms with Crippen molar-refractivity contribution in [2.45, 2.75) is 51.6 Å². The van der Waals surface area contributed by atoms with Gasteiger partial charge in [0.1, 0.15) is 5.82 Å². The van der Waals surface area contributed by atoms with Crippen LogP contribution in [0.15, 0.2) is 48.8 Å². The van der Waals surface area contributed by atoms with Crippen LogP contribution in [-0.4, -0.2) is 32.4 Å². The minimum Gasteiger partial charge on any atom is -0.334 e. The third-order valence-electron chi connectivity index (χ3n) is 5.87. The molecule has 1 saturated carbocycles. The molecule has 3 aromatic rings. The number of hydrogen-bond acceptors (Lipinski definition) is 3. The van der Waals surface area contributed by atoms with E-state index in [0.29, 0.717) is 12.1 Å². The van der Waals surface area contributed by atoms with Gasteiger partial charge in [-0.3, -0.25) is 9.78 Å². The van der Waals surface area contributed by atoms with Crippen LogP contribution < -0.4 is 0 Å². The summed E-state index contributed by atoms with van der Waals surface area (Å²) >= 11 is 0. The molecule has 0 N–H and O–H groups in total. The SMILES string of the molecule is CN(Cc1nc2ccccc2n1CCC1CCCCC1)C(=O)c1ccncc1. The molecule has 5 nitrogen and oxygen atoms in total. The second-order valence-electron chi connectivity index (χ2n) is 7.86. The van der Waals surface area contributed by atoms with Crippen molar-refractivity contribution in [3.8, 4) is 0 Å². The Morgan fingerprint density at radius 3 is 2.64 bits per heavy atom. The Balaban J connectivity index is 1.54. The number of aromatic nitrogens is 3. The Morgan fingerprint density at radius 1 is 1.11 bits per heavy atom. The summed E-state index contributed by atoms with van der Waals surface area (Å²) < 4.78 is 2.32. The summed E-state index contributed by atoms with van der Waals surface area (Å²) in [4.78, 5) is 23.3. The molecule has 1 fully saturated rings. The van der Waals surface area contributed by atoms with E-state index in [-0.39, 0.29) is 5.91 Å². The molecule has 1 amide bonds. The molecule has 0 bridgehead atoms. The van der Waals surface area contributed by atoms with Crippen LogP contribution in [0.2, 0.25) is 0 Å². The zero-order valence-electron chi connectivity index (χ0n) is 16.6. The molecule has 0 atom stereocenters. The molecule has 28 heavy (non-hydrogen) atoms. The van der Waals surface area contributed by atoms with Gasteiger partial charge < -0.3 is 9.47 Å². The Kier molecular flexibility index (Phi) is 5.70. The maximum atomic E-state index is 12.7. The highest BCUT2D eigenvalue weighted by atomic mass is 16.2. The number of benzene rings is 1. The summed E-state index contributed by atoms with van der Waals surface area (Å²) in [5, 5.41) is 0. The van der Waals surface area contributed by atoms with E-state index in [1.807, 2.05) is 13.1 Å². The number of fused-ring (bicyclic) bond motifs is 1. The third-order valence-corrected chi connectivity index (χ3v) is 5.87. The van der Waals surface area contributed by atoms with Gasteiger partial charge in [0.05, 0.1) is 17.6 Å². The molecule has 0 radical (unpaired) electrons. The Morgan fingerprint density at radius 2 is 1.86 bits per heavy atom. The fourth-order valence-electron chi connectivity index (χ4n) is 4.28. The lowest BCUT2D eigenvalue weighted by atomic mass is 9.87. The van der Waals surface area contributed by atoms with E-state index in [9.17, 15) is 4.79 Å². The van der Waals surface area contributed by atoms with Gasteiger partial charge in [0, 0.05) is 31.5 Å². The van der Waals surface area contributed by atoms with Crippen molar-refractivity contribution in [1.82, 2.24) is 19.4 Å². The van der Waals surface area contributed by atoms with Crippen LogP contribution >= 0.6 is 0 Å². The van der Waals surface area contributed by atoms with E-state index in [1.165, 1.54) is 38.5 Å². The first-order chi connectivity index (χ1) is 13.7. The van der Waals surface area contributed by atoms with Crippen LogP contribution in [0.4, 0.5) is 0 Å². The Hall–Kier alpha value is -2.69. The van der Waals surface area contributed by atoms with Gasteiger partial charge in [-0.25, -0.2) is 4.98 Å². The fraction of sp³-hybridized carbons (Fsp3) is 0.435. The molecule has 2 aromatic heterocycles. The highest BCUT2D eigenvalue weighted by Gasteiger charge is 2.19. The lowest BCUT2D eigenvalue weighted by Gasteiger charge is -2.23. The fourth-order valence-corrected chi connectivity index (χ4v) is 4.28. The summed E-state index contributed by atoms with van der Waals surface area (Å²) in [5.41, 5.74) is 2.83. The molecule has 5 heteroatoms. The van der Waals surface area contributed by atoms with Crippen LogP contribution in [0.5, 0.6) is 0 Å². The van der Waals surface area contributed by atoms with Gasteiger partial charge in [-0.05, 0) is 36.6 Å². The number of para-hydroxylation sites is 2. The zero-order chi connectivity index (χ0) is 19.3.